The highest BCUT2D eigenvalue weighted by molar-refractivity contribution is 5.85. The predicted octanol–water partition coefficient (Wildman–Crippen LogP) is 1.62. The van der Waals surface area contributed by atoms with E-state index in [2.05, 4.69) is 10.4 Å². The first-order chi connectivity index (χ1) is 10.9. The minimum atomic E-state index is -0.0634. The van der Waals surface area contributed by atoms with Gasteiger partial charge in [0.05, 0.1) is 24.5 Å². The molecular weight excluding hydrogens is 332 g/mol. The smallest absolute Gasteiger partial charge is 0.145 e. The molecule has 0 amide bonds. The van der Waals surface area contributed by atoms with Gasteiger partial charge < -0.3 is 32.4 Å². The maximum absolute atomic E-state index is 8.89. The number of nitrogens with one attached hydrogen (secondary N) is 1. The molecule has 0 bridgehead atoms. The SMILES string of the molecule is CC(C)n1nc(CNc2cc(N)ccc2OCCO)c(N)c1N.Cl. The Morgan fingerprint density at radius 3 is 2.58 bits per heavy atom. The first-order valence-electron chi connectivity index (χ1n) is 7.43. The van der Waals surface area contributed by atoms with Gasteiger partial charge in [0.1, 0.15) is 23.9 Å². The zero-order chi connectivity index (χ0) is 17.0. The van der Waals surface area contributed by atoms with Gasteiger partial charge in [-0.3, -0.25) is 0 Å². The van der Waals surface area contributed by atoms with Crippen molar-refractivity contribution in [1.82, 2.24) is 9.78 Å². The topological polar surface area (TPSA) is 137 Å². The van der Waals surface area contributed by atoms with Gasteiger partial charge in [0.25, 0.3) is 0 Å². The molecule has 0 unspecified atom stereocenters. The van der Waals surface area contributed by atoms with E-state index >= 15 is 0 Å². The van der Waals surface area contributed by atoms with Crippen LogP contribution in [0.1, 0.15) is 25.6 Å². The number of aliphatic hydroxyl groups is 1. The summed E-state index contributed by atoms with van der Waals surface area (Å²) in [6.45, 7) is 4.49. The Balaban J connectivity index is 0.00000288. The van der Waals surface area contributed by atoms with E-state index in [0.717, 1.165) is 0 Å². The van der Waals surface area contributed by atoms with E-state index in [1.807, 2.05) is 13.8 Å². The number of hydrogen-bond donors (Lipinski definition) is 5. The third-order valence-corrected chi connectivity index (χ3v) is 3.35. The van der Waals surface area contributed by atoms with Gasteiger partial charge in [0.15, 0.2) is 0 Å². The fraction of sp³-hybridized carbons (Fsp3) is 0.400. The highest BCUT2D eigenvalue weighted by Gasteiger charge is 2.15. The van der Waals surface area contributed by atoms with Crippen molar-refractivity contribution < 1.29 is 9.84 Å². The van der Waals surface area contributed by atoms with Crippen molar-refractivity contribution in [1.29, 1.82) is 0 Å². The van der Waals surface area contributed by atoms with Gasteiger partial charge in [0, 0.05) is 11.7 Å². The van der Waals surface area contributed by atoms with Crippen LogP contribution in [0.25, 0.3) is 0 Å². The number of ether oxygens (including phenoxy) is 1. The fourth-order valence-corrected chi connectivity index (χ4v) is 2.18. The van der Waals surface area contributed by atoms with Crippen LogP contribution in [-0.2, 0) is 6.54 Å². The second-order valence-corrected chi connectivity index (χ2v) is 5.47. The quantitative estimate of drug-likeness (QED) is 0.475. The van der Waals surface area contributed by atoms with Crippen LogP contribution in [0.2, 0.25) is 0 Å². The number of benzene rings is 1. The molecule has 134 valence electrons. The number of rotatable bonds is 7. The van der Waals surface area contributed by atoms with Crippen LogP contribution in [-0.4, -0.2) is 28.1 Å². The zero-order valence-corrected chi connectivity index (χ0v) is 14.6. The Morgan fingerprint density at radius 1 is 1.29 bits per heavy atom. The standard InChI is InChI=1S/C15H24N6O2.ClH/c1-9(2)21-15(18)14(17)12(20-21)8-19-11-7-10(16)3-4-13(11)23-6-5-22;/h3-4,7,9,19,22H,5-6,8,16-18H2,1-2H3;1H. The molecule has 1 aromatic carbocycles. The van der Waals surface area contributed by atoms with Crippen LogP contribution < -0.4 is 27.3 Å². The number of hydrogen-bond acceptors (Lipinski definition) is 7. The minimum absolute atomic E-state index is 0. The van der Waals surface area contributed by atoms with Crippen molar-refractivity contribution in [3.8, 4) is 5.75 Å². The molecule has 0 saturated heterocycles. The van der Waals surface area contributed by atoms with Gasteiger partial charge in [-0.2, -0.15) is 5.10 Å². The molecule has 2 rings (SSSR count). The summed E-state index contributed by atoms with van der Waals surface area (Å²) in [6.07, 6.45) is 0. The normalized spacial score (nSPS) is 10.5. The summed E-state index contributed by atoms with van der Waals surface area (Å²) < 4.78 is 7.17. The summed E-state index contributed by atoms with van der Waals surface area (Å²) in [7, 11) is 0. The van der Waals surface area contributed by atoms with Gasteiger partial charge >= 0.3 is 0 Å². The molecule has 8 N–H and O–H groups in total. The summed E-state index contributed by atoms with van der Waals surface area (Å²) in [4.78, 5) is 0. The highest BCUT2D eigenvalue weighted by Crippen LogP contribution is 2.29. The number of aliphatic hydroxyl groups excluding tert-OH is 1. The van der Waals surface area contributed by atoms with Crippen molar-refractivity contribution in [3.63, 3.8) is 0 Å². The van der Waals surface area contributed by atoms with E-state index in [1.54, 1.807) is 22.9 Å². The molecule has 1 aromatic heterocycles. The number of nitrogens with two attached hydrogens (primary N) is 3. The molecule has 0 radical (unpaired) electrons. The lowest BCUT2D eigenvalue weighted by Crippen LogP contribution is -2.09. The van der Waals surface area contributed by atoms with Crippen molar-refractivity contribution in [2.24, 2.45) is 0 Å². The van der Waals surface area contributed by atoms with E-state index in [9.17, 15) is 0 Å². The molecule has 9 heteroatoms. The van der Waals surface area contributed by atoms with Crippen molar-refractivity contribution in [3.05, 3.63) is 23.9 Å². The highest BCUT2D eigenvalue weighted by atomic mass is 35.5. The zero-order valence-electron chi connectivity index (χ0n) is 13.8. The molecule has 0 spiro atoms. The van der Waals surface area contributed by atoms with Crippen molar-refractivity contribution >= 4 is 35.3 Å². The maximum atomic E-state index is 8.89. The lowest BCUT2D eigenvalue weighted by Gasteiger charge is -2.13. The summed E-state index contributed by atoms with van der Waals surface area (Å²) in [5, 5.41) is 16.5. The molecule has 0 saturated carbocycles. The number of anilines is 4. The molecule has 0 aliphatic carbocycles. The Labute approximate surface area is 147 Å². The third-order valence-electron chi connectivity index (χ3n) is 3.35. The summed E-state index contributed by atoms with van der Waals surface area (Å²) in [6, 6.07) is 5.36. The van der Waals surface area contributed by atoms with Crippen LogP contribution in [0, 0.1) is 0 Å². The molecular formula is C15H25ClN6O2. The second kappa shape index (κ2) is 8.51. The number of nitrogen functional groups attached to an aromatic ring is 3. The number of halogens is 1. The van der Waals surface area contributed by atoms with E-state index in [-0.39, 0.29) is 31.7 Å². The van der Waals surface area contributed by atoms with Crippen LogP contribution in [0.15, 0.2) is 18.2 Å². The predicted molar refractivity (Wildman–Crippen MR) is 99.4 cm³/mol. The monoisotopic (exact) mass is 356 g/mol. The molecule has 1 heterocycles. The fourth-order valence-electron chi connectivity index (χ4n) is 2.18. The average Bonchev–Trinajstić information content (AvgIpc) is 2.80. The first-order valence-corrected chi connectivity index (χ1v) is 7.43. The van der Waals surface area contributed by atoms with Crippen molar-refractivity contribution in [2.45, 2.75) is 26.4 Å². The molecule has 0 aliphatic rings. The molecule has 8 nitrogen and oxygen atoms in total. The third kappa shape index (κ3) is 4.36. The van der Waals surface area contributed by atoms with Gasteiger partial charge in [0.2, 0.25) is 0 Å². The van der Waals surface area contributed by atoms with Gasteiger partial charge in [-0.15, -0.1) is 12.4 Å². The van der Waals surface area contributed by atoms with E-state index in [1.165, 1.54) is 0 Å². The maximum Gasteiger partial charge on any atom is 0.145 e. The summed E-state index contributed by atoms with van der Waals surface area (Å²) >= 11 is 0. The van der Waals surface area contributed by atoms with E-state index < -0.39 is 0 Å². The van der Waals surface area contributed by atoms with Crippen molar-refractivity contribution in [2.75, 3.05) is 35.7 Å². The Hall–Kier alpha value is -2.32. The average molecular weight is 357 g/mol. The molecule has 0 atom stereocenters. The van der Waals surface area contributed by atoms with Gasteiger partial charge in [-0.1, -0.05) is 0 Å². The lowest BCUT2D eigenvalue weighted by atomic mass is 10.2. The molecule has 0 fully saturated rings. The Morgan fingerprint density at radius 2 is 2.00 bits per heavy atom. The van der Waals surface area contributed by atoms with Gasteiger partial charge in [-0.25, -0.2) is 4.68 Å². The Kier molecular flexibility index (Phi) is 6.99. The lowest BCUT2D eigenvalue weighted by molar-refractivity contribution is 0.202. The Bertz CT molecular complexity index is 674. The van der Waals surface area contributed by atoms with Crippen LogP contribution in [0.3, 0.4) is 0 Å². The van der Waals surface area contributed by atoms with Crippen LogP contribution in [0.5, 0.6) is 5.75 Å². The summed E-state index contributed by atoms with van der Waals surface area (Å²) in [5.41, 5.74) is 20.2. The second-order valence-electron chi connectivity index (χ2n) is 5.47. The minimum Gasteiger partial charge on any atom is -0.489 e. The molecule has 24 heavy (non-hydrogen) atoms. The van der Waals surface area contributed by atoms with E-state index in [0.29, 0.717) is 40.9 Å². The summed E-state index contributed by atoms with van der Waals surface area (Å²) in [5.74, 6) is 1.06. The number of aromatic nitrogens is 2. The van der Waals surface area contributed by atoms with Crippen LogP contribution in [0.4, 0.5) is 22.9 Å². The number of nitrogens with zero attached hydrogens (tertiary/aromatic N) is 2. The molecule has 2 aromatic rings. The van der Waals surface area contributed by atoms with Gasteiger partial charge in [-0.05, 0) is 32.0 Å². The van der Waals surface area contributed by atoms with Crippen LogP contribution >= 0.6 is 12.4 Å². The van der Waals surface area contributed by atoms with E-state index in [4.69, 9.17) is 27.0 Å². The first kappa shape index (κ1) is 19.7. The largest absolute Gasteiger partial charge is 0.489 e. The molecule has 0 aliphatic heterocycles.